The highest BCUT2D eigenvalue weighted by atomic mass is 79.9. The number of hydrogen-bond acceptors (Lipinski definition) is 3. The predicted molar refractivity (Wildman–Crippen MR) is 58.2 cm³/mol. The molecule has 0 spiro atoms. The van der Waals surface area contributed by atoms with Crippen LogP contribution in [0.4, 0.5) is 4.39 Å². The van der Waals surface area contributed by atoms with Crippen LogP contribution in [0, 0.1) is 5.82 Å². The Morgan fingerprint density at radius 3 is 2.56 bits per heavy atom. The lowest BCUT2D eigenvalue weighted by molar-refractivity contribution is -0.119. The Kier molecular flexibility index (Phi) is 4.00. The second-order valence-electron chi connectivity index (χ2n) is 2.86. The Morgan fingerprint density at radius 2 is 2.06 bits per heavy atom. The van der Waals surface area contributed by atoms with Crippen molar-refractivity contribution < 1.29 is 17.6 Å². The number of amides is 1. The van der Waals surface area contributed by atoms with Gasteiger partial charge in [-0.1, -0.05) is 0 Å². The maximum absolute atomic E-state index is 12.7. The van der Waals surface area contributed by atoms with E-state index in [4.69, 9.17) is 0 Å². The highest BCUT2D eigenvalue weighted by molar-refractivity contribution is 9.10. The molecular weight excluding hydrogens is 303 g/mol. The summed E-state index contributed by atoms with van der Waals surface area (Å²) in [6, 6.07) is 3.11. The van der Waals surface area contributed by atoms with Gasteiger partial charge < -0.3 is 0 Å². The van der Waals surface area contributed by atoms with Gasteiger partial charge >= 0.3 is 0 Å². The number of hydrogen-bond donors (Lipinski definition) is 2. The van der Waals surface area contributed by atoms with Crippen LogP contribution in [0.15, 0.2) is 27.6 Å². The number of sulfonamides is 1. The largest absolute Gasteiger partial charge is 0.278 e. The molecule has 0 fully saturated rings. The van der Waals surface area contributed by atoms with Crippen molar-refractivity contribution in [3.63, 3.8) is 0 Å². The Balaban J connectivity index is 3.03. The maximum atomic E-state index is 12.7. The number of nitrogens with one attached hydrogen (secondary N) is 2. The monoisotopic (exact) mass is 310 g/mol. The molecule has 0 heterocycles. The van der Waals surface area contributed by atoms with E-state index in [0.29, 0.717) is 0 Å². The van der Waals surface area contributed by atoms with E-state index in [1.54, 1.807) is 0 Å². The molecule has 1 aromatic carbocycles. The van der Waals surface area contributed by atoms with Crippen molar-refractivity contribution in [3.8, 4) is 0 Å². The Morgan fingerprint density at radius 1 is 1.44 bits per heavy atom. The summed E-state index contributed by atoms with van der Waals surface area (Å²) < 4.78 is 36.0. The third-order valence-electron chi connectivity index (χ3n) is 1.54. The Bertz CT molecular complexity index is 518. The van der Waals surface area contributed by atoms with Gasteiger partial charge in [-0.3, -0.25) is 10.2 Å². The van der Waals surface area contributed by atoms with E-state index in [9.17, 15) is 17.6 Å². The molecule has 0 aliphatic carbocycles. The zero-order chi connectivity index (χ0) is 12.3. The highest BCUT2D eigenvalue weighted by Gasteiger charge is 2.17. The van der Waals surface area contributed by atoms with Gasteiger partial charge in [-0.25, -0.2) is 12.8 Å². The summed E-state index contributed by atoms with van der Waals surface area (Å²) in [5, 5.41) is 0. The van der Waals surface area contributed by atoms with E-state index in [-0.39, 0.29) is 9.37 Å². The number of carbonyl (C=O) groups excluding carboxylic acids is 1. The fourth-order valence-corrected chi connectivity index (χ4v) is 2.83. The van der Waals surface area contributed by atoms with Crippen LogP contribution in [0.3, 0.4) is 0 Å². The molecule has 8 heteroatoms. The molecule has 1 amide bonds. The van der Waals surface area contributed by atoms with E-state index in [0.717, 1.165) is 25.1 Å². The van der Waals surface area contributed by atoms with E-state index < -0.39 is 21.7 Å². The first kappa shape index (κ1) is 13.1. The summed E-state index contributed by atoms with van der Waals surface area (Å²) in [5.74, 6) is -1.12. The summed E-state index contributed by atoms with van der Waals surface area (Å²) in [4.78, 5) is 12.2. The third kappa shape index (κ3) is 3.26. The van der Waals surface area contributed by atoms with Crippen LogP contribution in [-0.2, 0) is 14.8 Å². The Labute approximate surface area is 100 Å². The summed E-state index contributed by atoms with van der Waals surface area (Å²) in [5.41, 5.74) is 1.93. The fourth-order valence-electron chi connectivity index (χ4n) is 0.887. The highest BCUT2D eigenvalue weighted by Crippen LogP contribution is 2.22. The average Bonchev–Trinajstić information content (AvgIpc) is 2.14. The number of benzene rings is 1. The van der Waals surface area contributed by atoms with E-state index >= 15 is 0 Å². The SMILES string of the molecule is CC(=O)NNS(=O)(=O)c1ccc(F)cc1Br. The molecule has 1 aromatic rings. The first-order valence-electron chi connectivity index (χ1n) is 4.06. The van der Waals surface area contributed by atoms with Crippen molar-refractivity contribution in [1.82, 2.24) is 10.3 Å². The molecule has 0 saturated carbocycles. The van der Waals surface area contributed by atoms with Crippen molar-refractivity contribution in [2.45, 2.75) is 11.8 Å². The minimum atomic E-state index is -3.90. The van der Waals surface area contributed by atoms with Crippen molar-refractivity contribution in [3.05, 3.63) is 28.5 Å². The lowest BCUT2D eigenvalue weighted by Crippen LogP contribution is -2.40. The van der Waals surface area contributed by atoms with Crippen LogP contribution < -0.4 is 10.3 Å². The van der Waals surface area contributed by atoms with Crippen LogP contribution in [0.1, 0.15) is 6.92 Å². The lowest BCUT2D eigenvalue weighted by atomic mass is 10.3. The topological polar surface area (TPSA) is 75.3 Å². The van der Waals surface area contributed by atoms with Crippen LogP contribution >= 0.6 is 15.9 Å². The normalized spacial score (nSPS) is 11.2. The molecule has 16 heavy (non-hydrogen) atoms. The van der Waals surface area contributed by atoms with Crippen LogP contribution in [0.2, 0.25) is 0 Å². The van der Waals surface area contributed by atoms with Gasteiger partial charge in [0.1, 0.15) is 5.82 Å². The number of hydrazine groups is 1. The third-order valence-corrected chi connectivity index (χ3v) is 3.77. The van der Waals surface area contributed by atoms with Crippen molar-refractivity contribution >= 4 is 31.9 Å². The molecule has 2 N–H and O–H groups in total. The zero-order valence-corrected chi connectivity index (χ0v) is 10.5. The van der Waals surface area contributed by atoms with Crippen molar-refractivity contribution in [1.29, 1.82) is 0 Å². The second kappa shape index (κ2) is 4.89. The molecule has 0 aliphatic rings. The van der Waals surface area contributed by atoms with E-state index in [1.165, 1.54) is 0 Å². The minimum Gasteiger partial charge on any atom is -0.278 e. The molecule has 1 rings (SSSR count). The van der Waals surface area contributed by atoms with Crippen molar-refractivity contribution in [2.75, 3.05) is 0 Å². The first-order valence-corrected chi connectivity index (χ1v) is 6.34. The molecule has 5 nitrogen and oxygen atoms in total. The Hall–Kier alpha value is -0.990. The van der Waals surface area contributed by atoms with Crippen molar-refractivity contribution in [2.24, 2.45) is 0 Å². The summed E-state index contributed by atoms with van der Waals surface area (Å²) in [7, 11) is -3.90. The predicted octanol–water partition coefficient (Wildman–Crippen LogP) is 0.918. The molecule has 0 radical (unpaired) electrons. The lowest BCUT2D eigenvalue weighted by Gasteiger charge is -2.08. The number of carbonyl (C=O) groups is 1. The van der Waals surface area contributed by atoms with Gasteiger partial charge in [-0.2, -0.15) is 0 Å². The smallest absolute Gasteiger partial charge is 0.258 e. The quantitative estimate of drug-likeness (QED) is 0.815. The van der Waals surface area contributed by atoms with Gasteiger partial charge in [0.15, 0.2) is 0 Å². The summed E-state index contributed by atoms with van der Waals surface area (Å²) >= 11 is 2.92. The summed E-state index contributed by atoms with van der Waals surface area (Å²) in [6.07, 6.45) is 0. The molecule has 0 aromatic heterocycles. The van der Waals surface area contributed by atoms with Gasteiger partial charge in [0.25, 0.3) is 10.0 Å². The van der Waals surface area contributed by atoms with Gasteiger partial charge in [0.05, 0.1) is 4.90 Å². The number of rotatable bonds is 3. The van der Waals surface area contributed by atoms with Gasteiger partial charge in [-0.05, 0) is 34.1 Å². The minimum absolute atomic E-state index is 0.0744. The standard InChI is InChI=1S/C8H8BrFN2O3S/c1-5(13)11-12-16(14,15)8-3-2-6(10)4-7(8)9/h2-4,12H,1H3,(H,11,13). The number of halogens is 2. The molecule has 0 atom stereocenters. The zero-order valence-electron chi connectivity index (χ0n) is 8.12. The van der Waals surface area contributed by atoms with Gasteiger partial charge in [0, 0.05) is 11.4 Å². The maximum Gasteiger partial charge on any atom is 0.258 e. The van der Waals surface area contributed by atoms with Gasteiger partial charge in [0.2, 0.25) is 5.91 Å². The van der Waals surface area contributed by atoms with E-state index in [2.05, 4.69) is 15.9 Å². The second-order valence-corrected chi connectivity index (χ2v) is 5.37. The van der Waals surface area contributed by atoms with Crippen LogP contribution in [0.25, 0.3) is 0 Å². The van der Waals surface area contributed by atoms with Crippen LogP contribution in [0.5, 0.6) is 0 Å². The molecule has 0 bridgehead atoms. The summed E-state index contributed by atoms with van der Waals surface area (Å²) in [6.45, 7) is 1.15. The molecule has 0 unspecified atom stereocenters. The fraction of sp³-hybridized carbons (Fsp3) is 0.125. The molecular formula is C8H8BrFN2O3S. The average molecular weight is 311 g/mol. The van der Waals surface area contributed by atoms with Gasteiger partial charge in [-0.15, -0.1) is 4.83 Å². The molecule has 88 valence electrons. The van der Waals surface area contributed by atoms with E-state index in [1.807, 2.05) is 10.3 Å². The molecule has 0 saturated heterocycles. The molecule has 0 aliphatic heterocycles. The van der Waals surface area contributed by atoms with Crippen LogP contribution in [-0.4, -0.2) is 14.3 Å². The first-order chi connectivity index (χ1) is 7.33.